The molecule has 122 valence electrons. The Morgan fingerprint density at radius 1 is 1.09 bits per heavy atom. The van der Waals surface area contributed by atoms with E-state index >= 15 is 0 Å². The summed E-state index contributed by atoms with van der Waals surface area (Å²) >= 11 is 0. The fourth-order valence-corrected chi connectivity index (χ4v) is 2.28. The van der Waals surface area contributed by atoms with Crippen LogP contribution in [-0.4, -0.2) is 12.0 Å². The van der Waals surface area contributed by atoms with Crippen LogP contribution in [0.4, 0.5) is 14.5 Å². The first-order valence-corrected chi connectivity index (χ1v) is 7.40. The van der Waals surface area contributed by atoms with Crippen molar-refractivity contribution in [3.63, 3.8) is 0 Å². The quantitative estimate of drug-likeness (QED) is 0.888. The predicted octanol–water partition coefficient (Wildman–Crippen LogP) is 4.38. The molecule has 0 heterocycles. The van der Waals surface area contributed by atoms with Crippen LogP contribution in [0.15, 0.2) is 36.4 Å². The molecule has 0 fully saturated rings. The van der Waals surface area contributed by atoms with E-state index in [4.69, 9.17) is 4.74 Å². The van der Waals surface area contributed by atoms with Crippen LogP contribution in [0.3, 0.4) is 0 Å². The Labute approximate surface area is 134 Å². The zero-order valence-electron chi connectivity index (χ0n) is 13.3. The van der Waals surface area contributed by atoms with Crippen molar-refractivity contribution in [2.45, 2.75) is 33.3 Å². The molecule has 0 aliphatic rings. The van der Waals surface area contributed by atoms with E-state index < -0.39 is 23.6 Å². The molecule has 0 aliphatic carbocycles. The van der Waals surface area contributed by atoms with Gasteiger partial charge in [-0.05, 0) is 55.7 Å². The minimum atomic E-state index is -1.01. The normalized spacial score (nSPS) is 11.9. The van der Waals surface area contributed by atoms with Crippen LogP contribution in [-0.2, 0) is 4.79 Å². The topological polar surface area (TPSA) is 38.3 Å². The number of carbonyl (C=O) groups excluding carboxylic acids is 1. The Bertz CT molecular complexity index is 696. The third-order valence-corrected chi connectivity index (χ3v) is 3.32. The highest BCUT2D eigenvalue weighted by Crippen LogP contribution is 2.20. The molecule has 2 rings (SSSR count). The van der Waals surface area contributed by atoms with Crippen molar-refractivity contribution in [1.82, 2.24) is 0 Å². The second kappa shape index (κ2) is 7.22. The number of halogens is 2. The summed E-state index contributed by atoms with van der Waals surface area (Å²) in [6, 6.07) is 8.92. The molecule has 1 amide bonds. The van der Waals surface area contributed by atoms with E-state index in [1.807, 2.05) is 39.0 Å². The molecule has 0 unspecified atom stereocenters. The molecule has 0 bridgehead atoms. The molecule has 1 atom stereocenters. The average molecular weight is 319 g/mol. The van der Waals surface area contributed by atoms with E-state index in [-0.39, 0.29) is 5.69 Å². The summed E-state index contributed by atoms with van der Waals surface area (Å²) in [5, 5.41) is 2.54. The van der Waals surface area contributed by atoms with Crippen molar-refractivity contribution < 1.29 is 18.3 Å². The van der Waals surface area contributed by atoms with E-state index in [0.29, 0.717) is 12.2 Å². The number of amides is 1. The number of anilines is 1. The zero-order valence-corrected chi connectivity index (χ0v) is 13.3. The van der Waals surface area contributed by atoms with Gasteiger partial charge in [0.05, 0.1) is 0 Å². The lowest BCUT2D eigenvalue weighted by atomic mass is 10.1. The maximum absolute atomic E-state index is 13.2. The SMILES string of the molecule is CC[C@@H](Oc1cc(C)cc(C)c1)C(=O)Nc1ccc(F)c(F)c1. The van der Waals surface area contributed by atoms with E-state index in [1.54, 1.807) is 0 Å². The van der Waals surface area contributed by atoms with Crippen molar-refractivity contribution in [2.24, 2.45) is 0 Å². The van der Waals surface area contributed by atoms with E-state index in [9.17, 15) is 13.6 Å². The Kier molecular flexibility index (Phi) is 5.32. The minimum Gasteiger partial charge on any atom is -0.481 e. The van der Waals surface area contributed by atoms with Gasteiger partial charge in [-0.1, -0.05) is 13.0 Å². The third-order valence-electron chi connectivity index (χ3n) is 3.32. The summed E-state index contributed by atoms with van der Waals surface area (Å²) in [7, 11) is 0. The van der Waals surface area contributed by atoms with Crippen molar-refractivity contribution in [3.05, 3.63) is 59.2 Å². The van der Waals surface area contributed by atoms with Crippen molar-refractivity contribution >= 4 is 11.6 Å². The summed E-state index contributed by atoms with van der Waals surface area (Å²) in [6.07, 6.45) is -0.271. The van der Waals surface area contributed by atoms with Crippen molar-refractivity contribution in [3.8, 4) is 5.75 Å². The van der Waals surface area contributed by atoms with Crippen LogP contribution in [0.5, 0.6) is 5.75 Å². The lowest BCUT2D eigenvalue weighted by Gasteiger charge is -2.18. The number of ether oxygens (including phenoxy) is 1. The molecule has 0 radical (unpaired) electrons. The highest BCUT2D eigenvalue weighted by Gasteiger charge is 2.19. The number of nitrogens with one attached hydrogen (secondary N) is 1. The Morgan fingerprint density at radius 3 is 2.30 bits per heavy atom. The lowest BCUT2D eigenvalue weighted by Crippen LogP contribution is -2.32. The molecule has 0 spiro atoms. The first kappa shape index (κ1) is 16.9. The van der Waals surface area contributed by atoms with Gasteiger partial charge in [-0.2, -0.15) is 0 Å². The highest BCUT2D eigenvalue weighted by atomic mass is 19.2. The molecule has 23 heavy (non-hydrogen) atoms. The number of aryl methyl sites for hydroxylation is 2. The molecule has 1 N–H and O–H groups in total. The molecule has 5 heteroatoms. The molecule has 0 saturated heterocycles. The van der Waals surface area contributed by atoms with Crippen molar-refractivity contribution in [2.75, 3.05) is 5.32 Å². The van der Waals surface area contributed by atoms with E-state index in [1.165, 1.54) is 6.07 Å². The van der Waals surface area contributed by atoms with Crippen LogP contribution in [0.25, 0.3) is 0 Å². The van der Waals surface area contributed by atoms with Crippen LogP contribution >= 0.6 is 0 Å². The Balaban J connectivity index is 2.10. The van der Waals surface area contributed by atoms with Gasteiger partial charge in [-0.25, -0.2) is 8.78 Å². The summed E-state index contributed by atoms with van der Waals surface area (Å²) in [4.78, 5) is 12.3. The first-order chi connectivity index (χ1) is 10.9. The minimum absolute atomic E-state index is 0.191. The molecule has 3 nitrogen and oxygen atoms in total. The number of benzene rings is 2. The molecule has 2 aromatic rings. The molecule has 0 saturated carbocycles. The van der Waals surface area contributed by atoms with Gasteiger partial charge in [-0.15, -0.1) is 0 Å². The smallest absolute Gasteiger partial charge is 0.265 e. The predicted molar refractivity (Wildman–Crippen MR) is 85.6 cm³/mol. The molecular formula is C18H19F2NO2. The highest BCUT2D eigenvalue weighted by molar-refractivity contribution is 5.94. The molecule has 0 aliphatic heterocycles. The van der Waals surface area contributed by atoms with Crippen LogP contribution in [0, 0.1) is 25.5 Å². The zero-order chi connectivity index (χ0) is 17.0. The maximum Gasteiger partial charge on any atom is 0.265 e. The number of rotatable bonds is 5. The van der Waals surface area contributed by atoms with Crippen LogP contribution in [0.2, 0.25) is 0 Å². The Hall–Kier alpha value is -2.43. The van der Waals surface area contributed by atoms with Crippen molar-refractivity contribution in [1.29, 1.82) is 0 Å². The number of carbonyl (C=O) groups is 1. The van der Waals surface area contributed by atoms with Gasteiger partial charge in [0.1, 0.15) is 5.75 Å². The second-order valence-electron chi connectivity index (χ2n) is 5.46. The van der Waals surface area contributed by atoms with E-state index in [0.717, 1.165) is 23.3 Å². The van der Waals surface area contributed by atoms with Gasteiger partial charge in [0.2, 0.25) is 0 Å². The fraction of sp³-hybridized carbons (Fsp3) is 0.278. The van der Waals surface area contributed by atoms with Gasteiger partial charge < -0.3 is 10.1 Å². The largest absolute Gasteiger partial charge is 0.481 e. The fourth-order valence-electron chi connectivity index (χ4n) is 2.28. The first-order valence-electron chi connectivity index (χ1n) is 7.40. The molecular weight excluding hydrogens is 300 g/mol. The van der Waals surface area contributed by atoms with Gasteiger partial charge in [0, 0.05) is 11.8 Å². The van der Waals surface area contributed by atoms with Crippen LogP contribution in [0.1, 0.15) is 24.5 Å². The van der Waals surface area contributed by atoms with Gasteiger partial charge in [-0.3, -0.25) is 4.79 Å². The molecule has 0 aromatic heterocycles. The summed E-state index contributed by atoms with van der Waals surface area (Å²) in [6.45, 7) is 5.71. The third kappa shape index (κ3) is 4.52. The standard InChI is InChI=1S/C18H19F2NO2/c1-4-17(23-14-8-11(2)7-12(3)9-14)18(22)21-13-5-6-15(19)16(20)10-13/h5-10,17H,4H2,1-3H3,(H,21,22)/t17-/m1/s1. The number of hydrogen-bond acceptors (Lipinski definition) is 2. The second-order valence-corrected chi connectivity index (χ2v) is 5.46. The Morgan fingerprint density at radius 2 is 1.74 bits per heavy atom. The van der Waals surface area contributed by atoms with Gasteiger partial charge >= 0.3 is 0 Å². The monoisotopic (exact) mass is 319 g/mol. The van der Waals surface area contributed by atoms with Crippen LogP contribution < -0.4 is 10.1 Å². The summed E-state index contributed by atoms with van der Waals surface area (Å²) in [5.41, 5.74) is 2.27. The maximum atomic E-state index is 13.2. The van der Waals surface area contributed by atoms with Gasteiger partial charge in [0.25, 0.3) is 5.91 Å². The lowest BCUT2D eigenvalue weighted by molar-refractivity contribution is -0.122. The van der Waals surface area contributed by atoms with E-state index in [2.05, 4.69) is 5.32 Å². The molecule has 2 aromatic carbocycles. The average Bonchev–Trinajstić information content (AvgIpc) is 2.47. The van der Waals surface area contributed by atoms with Gasteiger partial charge in [0.15, 0.2) is 17.7 Å². The number of hydrogen-bond donors (Lipinski definition) is 1. The summed E-state index contributed by atoms with van der Waals surface area (Å²) in [5.74, 6) is -1.76. The summed E-state index contributed by atoms with van der Waals surface area (Å²) < 4.78 is 31.8.